The van der Waals surface area contributed by atoms with E-state index < -0.39 is 35.0 Å². The van der Waals surface area contributed by atoms with Gasteiger partial charge >= 0.3 is 24.3 Å². The van der Waals surface area contributed by atoms with Crippen LogP contribution in [-0.2, 0) is 40.3 Å². The van der Waals surface area contributed by atoms with Gasteiger partial charge in [0.1, 0.15) is 33.9 Å². The van der Waals surface area contributed by atoms with Crippen LogP contribution in [-0.4, -0.2) is 67.0 Å². The fraction of sp³-hybridized carbons (Fsp3) is 0.241. The number of anilines is 4. The third-order valence-electron chi connectivity index (χ3n) is 12.1. The molecule has 0 radical (unpaired) electrons. The second-order valence-corrected chi connectivity index (χ2v) is 19.5. The number of nitrogens with zero attached hydrogens (tertiary/aromatic N) is 6. The smallest absolute Gasteiger partial charge is 0.416 e. The van der Waals surface area contributed by atoms with Crippen molar-refractivity contribution in [1.29, 1.82) is 0 Å². The highest BCUT2D eigenvalue weighted by molar-refractivity contribution is 7.15. The number of rotatable bonds is 9. The summed E-state index contributed by atoms with van der Waals surface area (Å²) >= 11 is 2.73. The van der Waals surface area contributed by atoms with Crippen molar-refractivity contribution in [2.75, 3.05) is 24.9 Å². The van der Waals surface area contributed by atoms with E-state index in [1.54, 1.807) is 66.4 Å². The van der Waals surface area contributed by atoms with E-state index >= 15 is 0 Å². The number of esters is 2. The molecule has 0 aliphatic heterocycles. The van der Waals surface area contributed by atoms with Crippen LogP contribution in [0.15, 0.2) is 115 Å². The summed E-state index contributed by atoms with van der Waals surface area (Å²) < 4.78 is 86.9. The molecule has 0 bridgehead atoms. The van der Waals surface area contributed by atoms with Crippen molar-refractivity contribution in [2.45, 2.75) is 70.3 Å². The Kier molecular flexibility index (Phi) is 16.4. The molecule has 2 aliphatic carbocycles. The van der Waals surface area contributed by atoms with E-state index in [0.29, 0.717) is 68.9 Å². The van der Waals surface area contributed by atoms with Gasteiger partial charge in [-0.2, -0.15) is 26.3 Å². The zero-order chi connectivity index (χ0) is 54.4. The highest BCUT2D eigenvalue weighted by atomic mass is 32.1. The number of hydrogen-bond acceptors (Lipinski definition) is 16. The molecule has 8 aromatic rings. The Bertz CT molecular complexity index is 3430. The standard InChI is InChI=1S/C27H23F3N4O3S.C15H11F3N4S.C12H12O3/c1-15-10-20(33-23(11-15)34-22-13-18(7-9-31-22)27(28,29)30)21-14-32-25(38-21)26(36)8-3-4-16-12-17(24(35)37-2)5-6-19(16)26;1-9-4-11(12-7-19-8-23-12)21-14(5-9)22-13-6-10(2-3-20-13)15(16,17)18;1-15-12(14)9-5-6-10-8(7-9)3-2-4-11(10)13/h5-7,9-14,36H,3-4,8H2,1-2H3,(H,31,33,34);2-8H,1H3,(H,20,21,22);5-7H,2-4H2,1H3. The van der Waals surface area contributed by atoms with Gasteiger partial charge in [-0.25, -0.2) is 34.5 Å². The predicted octanol–water partition coefficient (Wildman–Crippen LogP) is 12.7. The highest BCUT2D eigenvalue weighted by Gasteiger charge is 2.39. The zero-order valence-electron chi connectivity index (χ0n) is 41.0. The lowest BCUT2D eigenvalue weighted by atomic mass is 9.79. The van der Waals surface area contributed by atoms with E-state index in [9.17, 15) is 45.8 Å². The van der Waals surface area contributed by atoms with Gasteiger partial charge in [0.25, 0.3) is 0 Å². The molecular formula is C54H46F6N8O6S2. The van der Waals surface area contributed by atoms with Gasteiger partial charge in [0.15, 0.2) is 5.78 Å². The quantitative estimate of drug-likeness (QED) is 0.0913. The topological polar surface area (TPSA) is 191 Å². The summed E-state index contributed by atoms with van der Waals surface area (Å²) in [6.07, 6.45) is 0.895. The Labute approximate surface area is 439 Å². The number of ether oxygens (including phenoxy) is 2. The summed E-state index contributed by atoms with van der Waals surface area (Å²) in [5.41, 5.74) is 6.07. The normalized spacial score (nSPS) is 14.9. The number of hydrogen-bond donors (Lipinski definition) is 3. The first-order valence-corrected chi connectivity index (χ1v) is 25.0. The van der Waals surface area contributed by atoms with Gasteiger partial charge in [0.2, 0.25) is 0 Å². The van der Waals surface area contributed by atoms with E-state index in [4.69, 9.17) is 4.74 Å². The van der Waals surface area contributed by atoms with Crippen molar-refractivity contribution in [3.05, 3.63) is 176 Å². The number of alkyl halides is 6. The summed E-state index contributed by atoms with van der Waals surface area (Å²) in [4.78, 5) is 61.7. The average Bonchev–Trinajstić information content (AvgIpc) is 4.13. The number of benzene rings is 2. The van der Waals surface area contributed by atoms with Crippen molar-refractivity contribution in [2.24, 2.45) is 0 Å². The second kappa shape index (κ2) is 22.9. The average molecular weight is 1080 g/mol. The van der Waals surface area contributed by atoms with E-state index in [-0.39, 0.29) is 23.4 Å². The minimum atomic E-state index is -4.48. The number of nitrogens with one attached hydrogen (secondary N) is 2. The molecule has 0 saturated carbocycles. The number of pyridine rings is 4. The minimum Gasteiger partial charge on any atom is -0.465 e. The Morgan fingerprint density at radius 3 is 1.75 bits per heavy atom. The number of carbonyl (C=O) groups excluding carboxylic acids is 3. The number of ketones is 1. The van der Waals surface area contributed by atoms with Crippen molar-refractivity contribution < 1.29 is 55.3 Å². The molecule has 6 aromatic heterocycles. The van der Waals surface area contributed by atoms with Crippen LogP contribution in [0.1, 0.15) is 101 Å². The summed E-state index contributed by atoms with van der Waals surface area (Å²) in [6.45, 7) is 3.73. The lowest BCUT2D eigenvalue weighted by Crippen LogP contribution is -2.32. The Balaban J connectivity index is 0.000000170. The fourth-order valence-corrected chi connectivity index (χ4v) is 10.1. The molecule has 6 heterocycles. The van der Waals surface area contributed by atoms with E-state index in [1.807, 2.05) is 26.0 Å². The zero-order valence-corrected chi connectivity index (χ0v) is 42.6. The van der Waals surface area contributed by atoms with E-state index in [0.717, 1.165) is 88.6 Å². The Morgan fingerprint density at radius 2 is 1.20 bits per heavy atom. The lowest BCUT2D eigenvalue weighted by Gasteiger charge is -2.33. The Morgan fingerprint density at radius 1 is 0.645 bits per heavy atom. The number of thiazole rings is 2. The minimum absolute atomic E-state index is 0.0216. The van der Waals surface area contributed by atoms with E-state index in [2.05, 4.69) is 45.3 Å². The molecule has 0 amide bonds. The van der Waals surface area contributed by atoms with Crippen LogP contribution >= 0.6 is 22.7 Å². The molecule has 10 rings (SSSR count). The van der Waals surface area contributed by atoms with Crippen LogP contribution in [0.4, 0.5) is 49.6 Å². The highest BCUT2D eigenvalue weighted by Crippen LogP contribution is 2.44. The number of aromatic nitrogens is 6. The van der Waals surface area contributed by atoms with Crippen LogP contribution in [0.5, 0.6) is 0 Å². The molecule has 3 N–H and O–H groups in total. The summed E-state index contributed by atoms with van der Waals surface area (Å²) in [5, 5.41) is 17.9. The van der Waals surface area contributed by atoms with Crippen molar-refractivity contribution >= 4 is 63.7 Å². The van der Waals surface area contributed by atoms with Crippen molar-refractivity contribution in [3.63, 3.8) is 0 Å². The predicted molar refractivity (Wildman–Crippen MR) is 274 cm³/mol. The van der Waals surface area contributed by atoms with Crippen LogP contribution in [0.3, 0.4) is 0 Å². The molecule has 0 saturated heterocycles. The maximum absolute atomic E-state index is 13.1. The molecule has 14 nitrogen and oxygen atoms in total. The molecule has 0 spiro atoms. The maximum atomic E-state index is 13.1. The van der Waals surface area contributed by atoms with Crippen LogP contribution in [0.25, 0.3) is 21.1 Å². The van der Waals surface area contributed by atoms with Crippen molar-refractivity contribution in [3.8, 4) is 21.1 Å². The first kappa shape index (κ1) is 54.3. The Hall–Kier alpha value is -7.95. The van der Waals surface area contributed by atoms with Crippen LogP contribution in [0.2, 0.25) is 0 Å². The number of aryl methyl sites for hydroxylation is 4. The van der Waals surface area contributed by atoms with E-state index in [1.165, 1.54) is 36.9 Å². The molecule has 1 atom stereocenters. The third kappa shape index (κ3) is 12.9. The first-order chi connectivity index (χ1) is 36.2. The number of fused-ring (bicyclic) bond motifs is 2. The molecule has 1 unspecified atom stereocenters. The molecule has 0 fully saturated rings. The number of Topliss-reactive ketones (excluding diaryl/α,β-unsaturated/α-hetero) is 1. The fourth-order valence-electron chi connectivity index (χ4n) is 8.49. The number of aliphatic hydroxyl groups is 1. The van der Waals surface area contributed by atoms with Gasteiger partial charge in [-0.15, -0.1) is 22.7 Å². The molecule has 392 valence electrons. The SMILES string of the molecule is COC(=O)c1ccc2c(c1)CCCC2(O)c1ncc(-c2cc(C)cc(Nc3cc(C(F)(F)F)ccn3)n2)s1.COC(=O)c1ccc2c(c1)CCCC2=O.Cc1cc(Nc2cc(C(F)(F)F)ccn2)nc(-c2cncs2)c1. The van der Waals surface area contributed by atoms with Crippen LogP contribution < -0.4 is 10.6 Å². The van der Waals surface area contributed by atoms with Gasteiger partial charge in [0, 0.05) is 36.8 Å². The monoisotopic (exact) mass is 1080 g/mol. The van der Waals surface area contributed by atoms with Gasteiger partial charge in [-0.05, 0) is 147 Å². The van der Waals surface area contributed by atoms with Gasteiger partial charge in [0.05, 0.1) is 63.1 Å². The van der Waals surface area contributed by atoms with Gasteiger partial charge in [-0.3, -0.25) is 9.78 Å². The lowest BCUT2D eigenvalue weighted by molar-refractivity contribution is -0.138. The molecule has 2 aliphatic rings. The summed E-state index contributed by atoms with van der Waals surface area (Å²) in [6, 6.07) is 21.2. The number of halogens is 6. The van der Waals surface area contributed by atoms with Crippen LogP contribution in [0, 0.1) is 13.8 Å². The third-order valence-corrected chi connectivity index (χ3v) is 14.0. The first-order valence-electron chi connectivity index (χ1n) is 23.3. The molecule has 76 heavy (non-hydrogen) atoms. The molecular weight excluding hydrogens is 1030 g/mol. The maximum Gasteiger partial charge on any atom is 0.416 e. The van der Waals surface area contributed by atoms with Gasteiger partial charge < -0.3 is 25.2 Å². The number of methoxy groups -OCH3 is 2. The van der Waals surface area contributed by atoms with Crippen molar-refractivity contribution in [1.82, 2.24) is 29.9 Å². The number of carbonyl (C=O) groups is 3. The summed E-state index contributed by atoms with van der Waals surface area (Å²) in [7, 11) is 2.68. The van der Waals surface area contributed by atoms with Gasteiger partial charge in [-0.1, -0.05) is 12.1 Å². The molecule has 22 heteroatoms. The molecule has 2 aromatic carbocycles. The largest absolute Gasteiger partial charge is 0.465 e. The second-order valence-electron chi connectivity index (χ2n) is 17.5. The summed E-state index contributed by atoms with van der Waals surface area (Å²) in [5.74, 6) is 0.262.